The number of esters is 1. The van der Waals surface area contributed by atoms with Crippen LogP contribution in [0.3, 0.4) is 0 Å². The Labute approximate surface area is 292 Å². The summed E-state index contributed by atoms with van der Waals surface area (Å²) in [5.74, 6) is -0.592. The minimum atomic E-state index is -4.70. The van der Waals surface area contributed by atoms with Gasteiger partial charge >= 0.3 is 13.8 Å². The van der Waals surface area contributed by atoms with Crippen molar-refractivity contribution in [3.63, 3.8) is 0 Å². The number of phosphoric ester groups is 1. The van der Waals surface area contributed by atoms with Gasteiger partial charge in [-0.3, -0.25) is 14.1 Å². The molecule has 0 aliphatic rings. The van der Waals surface area contributed by atoms with Crippen LogP contribution in [0, 0.1) is 0 Å². The van der Waals surface area contributed by atoms with E-state index in [1.807, 2.05) is 18.2 Å². The number of hydrogen-bond acceptors (Lipinski definition) is 6. The number of carbonyl (C=O) groups excluding carboxylic acids is 2. The van der Waals surface area contributed by atoms with Crippen LogP contribution >= 0.6 is 7.82 Å². The molecule has 0 saturated heterocycles. The van der Waals surface area contributed by atoms with Crippen LogP contribution in [0.1, 0.15) is 155 Å². The van der Waals surface area contributed by atoms with Crippen molar-refractivity contribution in [2.75, 3.05) is 13.2 Å². The summed E-state index contributed by atoms with van der Waals surface area (Å²) in [7, 11) is -4.70. The minimum absolute atomic E-state index is 0.0497. The molecule has 2 N–H and O–H groups in total. The van der Waals surface area contributed by atoms with Crippen LogP contribution in [-0.4, -0.2) is 40.9 Å². The van der Waals surface area contributed by atoms with E-state index >= 15 is 0 Å². The van der Waals surface area contributed by atoms with E-state index in [1.165, 1.54) is 95.8 Å². The van der Waals surface area contributed by atoms with Crippen molar-refractivity contribution in [2.45, 2.75) is 161 Å². The Morgan fingerprint density at radius 1 is 0.625 bits per heavy atom. The molecule has 1 atom stereocenters. The molecule has 0 radical (unpaired) electrons. The molecular formula is C39H67O8P. The molecule has 48 heavy (non-hydrogen) atoms. The molecule has 0 heterocycles. The molecule has 0 aromatic heterocycles. The summed E-state index contributed by atoms with van der Waals surface area (Å²) in [5.41, 5.74) is 0. The summed E-state index contributed by atoms with van der Waals surface area (Å²) in [5, 5.41) is 0. The van der Waals surface area contributed by atoms with Crippen LogP contribution in [0.15, 0.2) is 60.9 Å². The summed E-state index contributed by atoms with van der Waals surface area (Å²) < 4.78 is 26.5. The lowest BCUT2D eigenvalue weighted by Crippen LogP contribution is -2.25. The zero-order chi connectivity index (χ0) is 35.4. The maximum atomic E-state index is 12.2. The number of unbranched alkanes of at least 4 members (excludes halogenated alkanes) is 15. The Hall–Kier alpha value is -2.25. The number of hydrogen-bond donors (Lipinski definition) is 2. The van der Waals surface area contributed by atoms with Gasteiger partial charge in [0, 0.05) is 12.8 Å². The van der Waals surface area contributed by atoms with Crippen molar-refractivity contribution in [1.29, 1.82) is 0 Å². The maximum absolute atomic E-state index is 12.2. The van der Waals surface area contributed by atoms with E-state index in [-0.39, 0.29) is 25.2 Å². The Morgan fingerprint density at radius 2 is 1.17 bits per heavy atom. The number of rotatable bonds is 34. The Morgan fingerprint density at radius 3 is 1.81 bits per heavy atom. The normalized spacial score (nSPS) is 13.2. The zero-order valence-electron chi connectivity index (χ0n) is 30.1. The number of allylic oxidation sites excluding steroid dienone is 9. The zero-order valence-corrected chi connectivity index (χ0v) is 31.0. The van der Waals surface area contributed by atoms with Gasteiger partial charge in [-0.25, -0.2) is 4.57 Å². The molecule has 0 aliphatic carbocycles. The van der Waals surface area contributed by atoms with Crippen molar-refractivity contribution in [3.05, 3.63) is 60.9 Å². The molecule has 0 aliphatic heterocycles. The molecule has 0 aromatic carbocycles. The topological polar surface area (TPSA) is 119 Å². The van der Waals surface area contributed by atoms with Gasteiger partial charge < -0.3 is 19.3 Å². The first-order chi connectivity index (χ1) is 23.3. The largest absolute Gasteiger partial charge is 0.492 e. The Balaban J connectivity index is 4.13. The highest BCUT2D eigenvalue weighted by atomic mass is 31.2. The van der Waals surface area contributed by atoms with E-state index in [0.29, 0.717) is 6.42 Å². The molecule has 0 rings (SSSR count). The van der Waals surface area contributed by atoms with Crippen LogP contribution in [0.2, 0.25) is 0 Å². The Kier molecular flexibility index (Phi) is 33.0. The fourth-order valence-electron chi connectivity index (χ4n) is 4.79. The van der Waals surface area contributed by atoms with Gasteiger partial charge in [0.1, 0.15) is 6.61 Å². The highest BCUT2D eigenvalue weighted by molar-refractivity contribution is 7.46. The highest BCUT2D eigenvalue weighted by Gasteiger charge is 2.20. The van der Waals surface area contributed by atoms with Gasteiger partial charge in [-0.15, -0.1) is 0 Å². The molecule has 0 saturated carbocycles. The van der Waals surface area contributed by atoms with Gasteiger partial charge in [0.25, 0.3) is 0 Å². The van der Waals surface area contributed by atoms with E-state index in [1.54, 1.807) is 6.08 Å². The van der Waals surface area contributed by atoms with Crippen LogP contribution in [-0.2, 0) is 28.2 Å². The van der Waals surface area contributed by atoms with Crippen molar-refractivity contribution >= 4 is 19.6 Å². The van der Waals surface area contributed by atoms with Gasteiger partial charge in [0.15, 0.2) is 11.9 Å². The first-order valence-electron chi connectivity index (χ1n) is 18.6. The van der Waals surface area contributed by atoms with Crippen molar-refractivity contribution < 1.29 is 37.9 Å². The minimum Gasteiger partial charge on any atom is -0.492 e. The predicted molar refractivity (Wildman–Crippen MR) is 197 cm³/mol. The van der Waals surface area contributed by atoms with Gasteiger partial charge in [0.05, 0.1) is 12.9 Å². The molecular weight excluding hydrogens is 627 g/mol. The summed E-state index contributed by atoms with van der Waals surface area (Å²) in [6.07, 6.45) is 41.6. The average molecular weight is 695 g/mol. The second-order valence-corrected chi connectivity index (χ2v) is 13.5. The maximum Gasteiger partial charge on any atom is 0.469 e. The second kappa shape index (κ2) is 34.6. The van der Waals surface area contributed by atoms with Crippen molar-refractivity contribution in [2.24, 2.45) is 0 Å². The van der Waals surface area contributed by atoms with Gasteiger partial charge in [-0.1, -0.05) is 140 Å². The van der Waals surface area contributed by atoms with Crippen LogP contribution in [0.5, 0.6) is 0 Å². The molecule has 0 unspecified atom stereocenters. The van der Waals surface area contributed by atoms with E-state index in [0.717, 1.165) is 38.5 Å². The fourth-order valence-corrected chi connectivity index (χ4v) is 5.15. The molecule has 0 bridgehead atoms. The van der Waals surface area contributed by atoms with E-state index in [4.69, 9.17) is 19.3 Å². The van der Waals surface area contributed by atoms with Gasteiger partial charge in [-0.2, -0.15) is 0 Å². The standard InChI is InChI=1S/C39H67O8P/c1-3-5-7-9-11-13-15-17-19-21-23-25-27-29-34-45-38(36-47-48(42,43)44)35-46-39(41)33-30-32-37(40)31-28-26-24-22-20-18-16-14-12-10-8-6-4-2/h12,14,18,20,24,26,28-29,31,34,38H,3-11,13,15-17,19,21-23,25,27,30,32-33,35-36H2,1-2H3,(H2,42,43,44)/b14-12-,20-18-,26-24-,31-28+,34-29+/t38-/m1/s1. The quantitative estimate of drug-likeness (QED) is 0.0130. The lowest BCUT2D eigenvalue weighted by molar-refractivity contribution is -0.147. The average Bonchev–Trinajstić information content (AvgIpc) is 3.05. The van der Waals surface area contributed by atoms with Crippen molar-refractivity contribution in [3.8, 4) is 0 Å². The van der Waals surface area contributed by atoms with Crippen LogP contribution in [0.4, 0.5) is 0 Å². The van der Waals surface area contributed by atoms with E-state index in [9.17, 15) is 14.2 Å². The number of carbonyl (C=O) groups is 2. The van der Waals surface area contributed by atoms with Crippen molar-refractivity contribution in [1.82, 2.24) is 0 Å². The third kappa shape index (κ3) is 36.6. The summed E-state index contributed by atoms with van der Waals surface area (Å²) in [6, 6.07) is 0. The molecule has 276 valence electrons. The third-order valence-corrected chi connectivity index (χ3v) is 8.12. The van der Waals surface area contributed by atoms with Crippen LogP contribution < -0.4 is 0 Å². The molecule has 0 aromatic rings. The lowest BCUT2D eigenvalue weighted by Gasteiger charge is -2.17. The monoisotopic (exact) mass is 694 g/mol. The second-order valence-electron chi connectivity index (χ2n) is 12.3. The Bertz CT molecular complexity index is 963. The molecule has 9 heteroatoms. The lowest BCUT2D eigenvalue weighted by atomic mass is 10.0. The van der Waals surface area contributed by atoms with Gasteiger partial charge in [0.2, 0.25) is 0 Å². The molecule has 0 spiro atoms. The smallest absolute Gasteiger partial charge is 0.469 e. The third-order valence-electron chi connectivity index (χ3n) is 7.64. The summed E-state index contributed by atoms with van der Waals surface area (Å²) in [4.78, 5) is 42.4. The molecule has 8 nitrogen and oxygen atoms in total. The highest BCUT2D eigenvalue weighted by Crippen LogP contribution is 2.35. The SMILES string of the molecule is CCCCC/C=C\C/C=C\C/C=C\C=C\C(=O)CCCC(=O)OC[C@H](COP(=O)(O)O)O/C=C/CCCCCCCCCCCCCC. The molecule has 0 amide bonds. The summed E-state index contributed by atoms with van der Waals surface area (Å²) >= 11 is 0. The number of ketones is 1. The fraction of sp³-hybridized carbons (Fsp3) is 0.692. The number of phosphoric acid groups is 1. The number of ether oxygens (including phenoxy) is 2. The van der Waals surface area contributed by atoms with E-state index in [2.05, 4.69) is 42.7 Å². The van der Waals surface area contributed by atoms with Gasteiger partial charge in [-0.05, 0) is 57.1 Å². The first-order valence-corrected chi connectivity index (χ1v) is 20.1. The first kappa shape index (κ1) is 45.8. The predicted octanol–water partition coefficient (Wildman–Crippen LogP) is 11.0. The molecule has 0 fully saturated rings. The van der Waals surface area contributed by atoms with Crippen LogP contribution in [0.25, 0.3) is 0 Å². The van der Waals surface area contributed by atoms with E-state index < -0.39 is 26.5 Å². The summed E-state index contributed by atoms with van der Waals surface area (Å²) in [6.45, 7) is 3.81.